The number of hydrogen-bond acceptors (Lipinski definition) is 5. The lowest BCUT2D eigenvalue weighted by Crippen LogP contribution is -2.37. The molecule has 27 heavy (non-hydrogen) atoms. The van der Waals surface area contributed by atoms with Gasteiger partial charge in [-0.1, -0.05) is 29.8 Å². The summed E-state index contributed by atoms with van der Waals surface area (Å²) < 4.78 is 27.4. The average molecular weight is 401 g/mol. The van der Waals surface area contributed by atoms with Crippen LogP contribution >= 0.6 is 11.8 Å². The molecule has 0 bridgehead atoms. The van der Waals surface area contributed by atoms with Crippen LogP contribution in [0.2, 0.25) is 0 Å². The molecule has 0 amide bonds. The summed E-state index contributed by atoms with van der Waals surface area (Å²) in [6, 6.07) is 13.2. The van der Waals surface area contributed by atoms with Gasteiger partial charge in [-0.15, -0.1) is 0 Å². The van der Waals surface area contributed by atoms with Crippen molar-refractivity contribution in [3.05, 3.63) is 65.9 Å². The number of carbonyl (C=O) groups is 1. The summed E-state index contributed by atoms with van der Waals surface area (Å²) in [5.41, 5.74) is 2.78. The van der Waals surface area contributed by atoms with E-state index in [9.17, 15) is 13.2 Å². The van der Waals surface area contributed by atoms with Crippen LogP contribution in [-0.2, 0) is 14.8 Å². The second-order valence-electron chi connectivity index (χ2n) is 6.36. The summed E-state index contributed by atoms with van der Waals surface area (Å²) in [5.74, 6) is 0. The molecule has 0 fully saturated rings. The molecule has 1 N–H and O–H groups in total. The third-order valence-electron chi connectivity index (χ3n) is 4.18. The van der Waals surface area contributed by atoms with Gasteiger partial charge in [0.25, 0.3) is 0 Å². The van der Waals surface area contributed by atoms with E-state index in [-0.39, 0.29) is 10.0 Å². The SMILES string of the molecule is Cc1ccc(S(=O)(=O)N[C@@H](C)C(=O)Sc2cccc3c(C)ccnc23)cc1. The molecule has 1 heterocycles. The van der Waals surface area contributed by atoms with Crippen LogP contribution in [0.5, 0.6) is 0 Å². The van der Waals surface area contributed by atoms with Gasteiger partial charge in [0, 0.05) is 16.5 Å². The Balaban J connectivity index is 1.79. The number of benzene rings is 2. The van der Waals surface area contributed by atoms with Gasteiger partial charge < -0.3 is 0 Å². The molecule has 0 aliphatic carbocycles. The zero-order valence-electron chi connectivity index (χ0n) is 15.3. The van der Waals surface area contributed by atoms with Gasteiger partial charge in [-0.25, -0.2) is 8.42 Å². The Morgan fingerprint density at radius 2 is 1.78 bits per heavy atom. The molecule has 7 heteroatoms. The first-order valence-corrected chi connectivity index (χ1v) is 10.7. The van der Waals surface area contributed by atoms with E-state index in [1.54, 1.807) is 25.3 Å². The minimum atomic E-state index is -3.76. The Morgan fingerprint density at radius 1 is 1.07 bits per heavy atom. The van der Waals surface area contributed by atoms with Gasteiger partial charge in [0.1, 0.15) is 0 Å². The van der Waals surface area contributed by atoms with E-state index in [4.69, 9.17) is 0 Å². The van der Waals surface area contributed by atoms with Crippen molar-refractivity contribution in [3.63, 3.8) is 0 Å². The summed E-state index contributed by atoms with van der Waals surface area (Å²) in [4.78, 5) is 17.8. The second kappa shape index (κ2) is 7.80. The Bertz CT molecular complexity index is 1090. The first-order valence-electron chi connectivity index (χ1n) is 8.43. The third kappa shape index (κ3) is 4.37. The van der Waals surface area contributed by atoms with Gasteiger partial charge in [0.05, 0.1) is 16.5 Å². The maximum atomic E-state index is 12.6. The van der Waals surface area contributed by atoms with Crippen molar-refractivity contribution in [3.8, 4) is 0 Å². The molecule has 0 saturated heterocycles. The van der Waals surface area contributed by atoms with E-state index in [0.29, 0.717) is 4.90 Å². The molecule has 3 aromatic rings. The number of thioether (sulfide) groups is 1. The standard InChI is InChI=1S/C20H20N2O3S2/c1-13-7-9-16(10-8-13)27(24,25)22-15(3)20(23)26-18-6-4-5-17-14(2)11-12-21-19(17)18/h4-12,15,22H,1-3H3/t15-/m0/s1. The largest absolute Gasteiger partial charge is 0.285 e. The van der Waals surface area contributed by atoms with Crippen molar-refractivity contribution in [2.45, 2.75) is 36.6 Å². The van der Waals surface area contributed by atoms with Crippen LogP contribution in [-0.4, -0.2) is 24.6 Å². The van der Waals surface area contributed by atoms with Crippen LogP contribution in [0, 0.1) is 13.8 Å². The highest BCUT2D eigenvalue weighted by Crippen LogP contribution is 2.29. The molecule has 0 saturated carbocycles. The van der Waals surface area contributed by atoms with E-state index in [1.807, 2.05) is 38.1 Å². The first kappa shape index (κ1) is 19.5. The fraction of sp³-hybridized carbons (Fsp3) is 0.200. The Kier molecular flexibility index (Phi) is 5.64. The van der Waals surface area contributed by atoms with Crippen LogP contribution in [0.4, 0.5) is 0 Å². The second-order valence-corrected chi connectivity index (χ2v) is 9.12. The highest BCUT2D eigenvalue weighted by Gasteiger charge is 2.23. The average Bonchev–Trinajstić information content (AvgIpc) is 2.62. The number of nitrogens with one attached hydrogen (secondary N) is 1. The number of para-hydroxylation sites is 1. The van der Waals surface area contributed by atoms with Crippen molar-refractivity contribution >= 4 is 37.8 Å². The summed E-state index contributed by atoms with van der Waals surface area (Å²) in [6.45, 7) is 5.41. The minimum absolute atomic E-state index is 0.139. The van der Waals surface area contributed by atoms with Gasteiger partial charge in [0.2, 0.25) is 15.1 Å². The third-order valence-corrected chi connectivity index (χ3v) is 6.84. The van der Waals surface area contributed by atoms with Crippen molar-refractivity contribution in [1.29, 1.82) is 0 Å². The molecule has 0 spiro atoms. The highest BCUT2D eigenvalue weighted by atomic mass is 32.2. The van der Waals surface area contributed by atoms with E-state index in [2.05, 4.69) is 9.71 Å². The van der Waals surface area contributed by atoms with Crippen LogP contribution in [0.1, 0.15) is 18.1 Å². The first-order chi connectivity index (χ1) is 12.8. The molecule has 5 nitrogen and oxygen atoms in total. The van der Waals surface area contributed by atoms with Gasteiger partial charge in [-0.05, 0) is 62.4 Å². The van der Waals surface area contributed by atoms with Gasteiger partial charge >= 0.3 is 0 Å². The smallest absolute Gasteiger partial charge is 0.241 e. The van der Waals surface area contributed by atoms with E-state index in [1.165, 1.54) is 12.1 Å². The van der Waals surface area contributed by atoms with Crippen molar-refractivity contribution < 1.29 is 13.2 Å². The summed E-state index contributed by atoms with van der Waals surface area (Å²) in [7, 11) is -3.76. The van der Waals surface area contributed by atoms with Crippen LogP contribution in [0.25, 0.3) is 10.9 Å². The number of rotatable bonds is 5. The molecule has 0 aliphatic heterocycles. The number of hydrogen-bond donors (Lipinski definition) is 1. The van der Waals surface area contributed by atoms with E-state index in [0.717, 1.165) is 33.8 Å². The maximum absolute atomic E-state index is 12.6. The lowest BCUT2D eigenvalue weighted by molar-refractivity contribution is -0.112. The number of pyridine rings is 1. The number of aromatic nitrogens is 1. The molecular formula is C20H20N2O3S2. The topological polar surface area (TPSA) is 76.1 Å². The summed E-state index contributed by atoms with van der Waals surface area (Å²) in [5, 5.41) is 0.685. The molecule has 3 rings (SSSR count). The Hall–Kier alpha value is -2.22. The summed E-state index contributed by atoms with van der Waals surface area (Å²) >= 11 is 1.000. The number of sulfonamides is 1. The minimum Gasteiger partial charge on any atom is -0.285 e. The summed E-state index contributed by atoms with van der Waals surface area (Å²) in [6.07, 6.45) is 1.70. The van der Waals surface area contributed by atoms with Crippen molar-refractivity contribution in [2.75, 3.05) is 0 Å². The van der Waals surface area contributed by atoms with Crippen molar-refractivity contribution in [2.24, 2.45) is 0 Å². The highest BCUT2D eigenvalue weighted by molar-refractivity contribution is 8.14. The maximum Gasteiger partial charge on any atom is 0.241 e. The Labute approximate surface area is 163 Å². The van der Waals surface area contributed by atoms with Crippen LogP contribution < -0.4 is 4.72 Å². The lowest BCUT2D eigenvalue weighted by Gasteiger charge is -2.14. The van der Waals surface area contributed by atoms with Crippen LogP contribution in [0.3, 0.4) is 0 Å². The Morgan fingerprint density at radius 3 is 2.48 bits per heavy atom. The van der Waals surface area contributed by atoms with E-state index >= 15 is 0 Å². The molecule has 2 aromatic carbocycles. The number of fused-ring (bicyclic) bond motifs is 1. The van der Waals surface area contributed by atoms with Gasteiger partial charge in [-0.3, -0.25) is 9.78 Å². The predicted molar refractivity (Wildman–Crippen MR) is 108 cm³/mol. The number of aryl methyl sites for hydroxylation is 2. The lowest BCUT2D eigenvalue weighted by atomic mass is 10.1. The van der Waals surface area contributed by atoms with E-state index < -0.39 is 16.1 Å². The molecule has 1 atom stereocenters. The quantitative estimate of drug-likeness (QED) is 0.659. The van der Waals surface area contributed by atoms with Gasteiger partial charge in [-0.2, -0.15) is 4.72 Å². The van der Waals surface area contributed by atoms with Crippen LogP contribution in [0.15, 0.2) is 64.5 Å². The predicted octanol–water partition coefficient (Wildman–Crippen LogP) is 3.84. The monoisotopic (exact) mass is 400 g/mol. The molecule has 0 radical (unpaired) electrons. The normalized spacial score (nSPS) is 12.9. The molecule has 0 unspecified atom stereocenters. The number of carbonyl (C=O) groups excluding carboxylic acids is 1. The zero-order valence-corrected chi connectivity index (χ0v) is 16.9. The number of nitrogens with zero attached hydrogens (tertiary/aromatic N) is 1. The molecule has 1 aromatic heterocycles. The fourth-order valence-corrected chi connectivity index (χ4v) is 4.77. The molecule has 0 aliphatic rings. The van der Waals surface area contributed by atoms with Crippen molar-refractivity contribution in [1.82, 2.24) is 9.71 Å². The van der Waals surface area contributed by atoms with Gasteiger partial charge in [0.15, 0.2) is 0 Å². The molecular weight excluding hydrogens is 380 g/mol. The molecule has 140 valence electrons. The zero-order chi connectivity index (χ0) is 19.6. The fourth-order valence-electron chi connectivity index (χ4n) is 2.63.